The van der Waals surface area contributed by atoms with E-state index in [4.69, 9.17) is 0 Å². The van der Waals surface area contributed by atoms with Gasteiger partial charge in [0.1, 0.15) is 0 Å². The Bertz CT molecular complexity index is 734. The minimum Gasteiger partial charge on any atom is -0.306 e. The molecule has 0 bridgehead atoms. The van der Waals surface area contributed by atoms with Gasteiger partial charge in [-0.05, 0) is 30.3 Å². The van der Waals surface area contributed by atoms with Crippen LogP contribution in [0.3, 0.4) is 0 Å². The van der Waals surface area contributed by atoms with Gasteiger partial charge in [-0.1, -0.05) is 34.1 Å². The molecule has 1 aromatic heterocycles. The minimum atomic E-state index is -0.275. The van der Waals surface area contributed by atoms with E-state index >= 15 is 0 Å². The van der Waals surface area contributed by atoms with Crippen molar-refractivity contribution >= 4 is 38.6 Å². The van der Waals surface area contributed by atoms with Crippen molar-refractivity contribution in [2.24, 2.45) is 0 Å². The number of para-hydroxylation sites is 1. The highest BCUT2D eigenvalue weighted by Gasteiger charge is 2.09. The summed E-state index contributed by atoms with van der Waals surface area (Å²) < 4.78 is 2.33. The average molecular weight is 316 g/mol. The summed E-state index contributed by atoms with van der Waals surface area (Å²) in [5, 5.41) is 7.85. The van der Waals surface area contributed by atoms with Crippen LogP contribution in [0.1, 0.15) is 0 Å². The van der Waals surface area contributed by atoms with E-state index in [1.54, 1.807) is 6.20 Å². The molecule has 3 aromatic rings. The van der Waals surface area contributed by atoms with Gasteiger partial charge in [-0.3, -0.25) is 0 Å². The van der Waals surface area contributed by atoms with Gasteiger partial charge in [0.05, 0.1) is 11.7 Å². The summed E-state index contributed by atoms with van der Waals surface area (Å²) in [5.41, 5.74) is 1.52. The maximum Gasteiger partial charge on any atom is 0.347 e. The summed E-state index contributed by atoms with van der Waals surface area (Å²) in [6, 6.07) is 14.7. The molecule has 0 saturated carbocycles. The number of hydrogen-bond acceptors (Lipinski definition) is 2. The lowest BCUT2D eigenvalue weighted by Gasteiger charge is -2.05. The fourth-order valence-electron chi connectivity index (χ4n) is 1.84. The number of halogens is 1. The molecule has 2 aromatic carbocycles. The number of carbonyl (C=O) groups is 1. The highest BCUT2D eigenvalue weighted by Crippen LogP contribution is 2.16. The van der Waals surface area contributed by atoms with Crippen molar-refractivity contribution in [1.29, 1.82) is 0 Å². The predicted molar refractivity (Wildman–Crippen MR) is 78.3 cm³/mol. The van der Waals surface area contributed by atoms with Gasteiger partial charge in [-0.2, -0.15) is 9.78 Å². The van der Waals surface area contributed by atoms with Crippen LogP contribution >= 0.6 is 15.9 Å². The normalized spacial score (nSPS) is 10.6. The van der Waals surface area contributed by atoms with Gasteiger partial charge in [0, 0.05) is 15.5 Å². The van der Waals surface area contributed by atoms with Crippen molar-refractivity contribution in [1.82, 2.24) is 9.78 Å². The second-order valence-corrected chi connectivity index (χ2v) is 4.97. The van der Waals surface area contributed by atoms with Gasteiger partial charge < -0.3 is 5.32 Å². The maximum atomic E-state index is 12.2. The number of aromatic nitrogens is 2. The van der Waals surface area contributed by atoms with E-state index in [1.165, 1.54) is 4.68 Å². The van der Waals surface area contributed by atoms with Crippen molar-refractivity contribution in [2.45, 2.75) is 0 Å². The van der Waals surface area contributed by atoms with Crippen LogP contribution in [0.2, 0.25) is 0 Å². The predicted octanol–water partition coefficient (Wildman–Crippen LogP) is 3.88. The van der Waals surface area contributed by atoms with Gasteiger partial charge in [-0.25, -0.2) is 4.79 Å². The lowest BCUT2D eigenvalue weighted by molar-refractivity contribution is 0.252. The zero-order valence-electron chi connectivity index (χ0n) is 9.88. The van der Waals surface area contributed by atoms with Gasteiger partial charge >= 0.3 is 6.03 Å². The molecule has 94 valence electrons. The number of nitrogens with zero attached hydrogens (tertiary/aromatic N) is 2. The van der Waals surface area contributed by atoms with Crippen molar-refractivity contribution in [2.75, 3.05) is 5.32 Å². The van der Waals surface area contributed by atoms with Crippen molar-refractivity contribution in [3.05, 3.63) is 59.2 Å². The Morgan fingerprint density at radius 1 is 1.11 bits per heavy atom. The second kappa shape index (κ2) is 4.85. The van der Waals surface area contributed by atoms with Crippen LogP contribution in [-0.4, -0.2) is 15.8 Å². The fourth-order valence-corrected chi connectivity index (χ4v) is 2.11. The highest BCUT2D eigenvalue weighted by molar-refractivity contribution is 9.10. The zero-order chi connectivity index (χ0) is 13.2. The van der Waals surface area contributed by atoms with Crippen LogP contribution in [0.15, 0.2) is 59.2 Å². The number of anilines is 1. The van der Waals surface area contributed by atoms with Crippen molar-refractivity contribution in [3.63, 3.8) is 0 Å². The molecule has 1 heterocycles. The maximum absolute atomic E-state index is 12.2. The summed E-state index contributed by atoms with van der Waals surface area (Å²) in [4.78, 5) is 12.2. The van der Waals surface area contributed by atoms with E-state index in [1.807, 2.05) is 48.5 Å². The molecule has 0 aliphatic heterocycles. The Morgan fingerprint density at radius 3 is 2.63 bits per heavy atom. The molecule has 19 heavy (non-hydrogen) atoms. The first-order valence-corrected chi connectivity index (χ1v) is 6.53. The molecule has 0 spiro atoms. The smallest absolute Gasteiger partial charge is 0.306 e. The molecule has 0 aliphatic carbocycles. The van der Waals surface area contributed by atoms with Crippen LogP contribution in [0.25, 0.3) is 10.9 Å². The molecule has 0 saturated heterocycles. The fraction of sp³-hybridized carbons (Fsp3) is 0. The van der Waals surface area contributed by atoms with Crippen molar-refractivity contribution < 1.29 is 4.79 Å². The van der Waals surface area contributed by atoms with E-state index < -0.39 is 0 Å². The van der Waals surface area contributed by atoms with Crippen LogP contribution < -0.4 is 5.32 Å². The number of nitrogens with one attached hydrogen (secondary N) is 1. The third-order valence-corrected chi connectivity index (χ3v) is 3.29. The largest absolute Gasteiger partial charge is 0.347 e. The van der Waals surface area contributed by atoms with Crippen LogP contribution in [0, 0.1) is 0 Å². The average Bonchev–Trinajstić information content (AvgIpc) is 2.85. The molecular formula is C14H10BrN3O. The van der Waals surface area contributed by atoms with Gasteiger partial charge in [0.15, 0.2) is 0 Å². The molecular weight excluding hydrogens is 306 g/mol. The van der Waals surface area contributed by atoms with Gasteiger partial charge in [0.25, 0.3) is 0 Å². The number of benzene rings is 2. The summed E-state index contributed by atoms with van der Waals surface area (Å²) in [7, 11) is 0. The zero-order valence-corrected chi connectivity index (χ0v) is 11.5. The van der Waals surface area contributed by atoms with E-state index in [9.17, 15) is 4.79 Å². The topological polar surface area (TPSA) is 46.9 Å². The molecule has 5 heteroatoms. The quantitative estimate of drug-likeness (QED) is 0.740. The minimum absolute atomic E-state index is 0.275. The molecule has 0 atom stereocenters. The van der Waals surface area contributed by atoms with Crippen molar-refractivity contribution in [3.8, 4) is 0 Å². The first kappa shape index (κ1) is 11.9. The van der Waals surface area contributed by atoms with Crippen LogP contribution in [-0.2, 0) is 0 Å². The standard InChI is InChI=1S/C14H10BrN3O/c15-11-5-7-12(8-6-11)17-14(19)18-13-4-2-1-3-10(13)9-16-18/h1-9H,(H,17,19). The molecule has 3 rings (SSSR count). The summed E-state index contributed by atoms with van der Waals surface area (Å²) in [6.45, 7) is 0. The molecule has 0 radical (unpaired) electrons. The lowest BCUT2D eigenvalue weighted by atomic mass is 10.3. The Labute approximate surface area is 118 Å². The first-order chi connectivity index (χ1) is 9.24. The number of rotatable bonds is 1. The first-order valence-electron chi connectivity index (χ1n) is 5.74. The van der Waals surface area contributed by atoms with Crippen LogP contribution in [0.5, 0.6) is 0 Å². The number of amides is 1. The third kappa shape index (κ3) is 2.37. The van der Waals surface area contributed by atoms with E-state index in [0.717, 1.165) is 21.1 Å². The summed E-state index contributed by atoms with van der Waals surface area (Å²) in [5.74, 6) is 0. The Morgan fingerprint density at radius 2 is 1.84 bits per heavy atom. The van der Waals surface area contributed by atoms with E-state index in [-0.39, 0.29) is 6.03 Å². The van der Waals surface area contributed by atoms with Crippen LogP contribution in [0.4, 0.5) is 10.5 Å². The molecule has 0 aliphatic rings. The number of hydrogen-bond donors (Lipinski definition) is 1. The highest BCUT2D eigenvalue weighted by atomic mass is 79.9. The molecule has 0 unspecified atom stereocenters. The van der Waals surface area contributed by atoms with Gasteiger partial charge in [-0.15, -0.1) is 0 Å². The number of fused-ring (bicyclic) bond motifs is 1. The summed E-state index contributed by atoms with van der Waals surface area (Å²) >= 11 is 3.35. The Kier molecular flexibility index (Phi) is 3.05. The Hall–Kier alpha value is -2.14. The van der Waals surface area contributed by atoms with Gasteiger partial charge in [0.2, 0.25) is 0 Å². The van der Waals surface area contributed by atoms with E-state index in [0.29, 0.717) is 0 Å². The SMILES string of the molecule is O=C(Nc1ccc(Br)cc1)n1ncc2ccccc21. The van der Waals surface area contributed by atoms with E-state index in [2.05, 4.69) is 26.3 Å². The molecule has 0 fully saturated rings. The molecule has 1 N–H and O–H groups in total. The molecule has 1 amide bonds. The second-order valence-electron chi connectivity index (χ2n) is 4.05. The lowest BCUT2D eigenvalue weighted by Crippen LogP contribution is -2.20. The molecule has 4 nitrogen and oxygen atoms in total. The Balaban J connectivity index is 1.90. The third-order valence-electron chi connectivity index (χ3n) is 2.77. The monoisotopic (exact) mass is 315 g/mol. The number of carbonyl (C=O) groups excluding carboxylic acids is 1. The summed E-state index contributed by atoms with van der Waals surface area (Å²) in [6.07, 6.45) is 1.68.